The fraction of sp³-hybridized carbons (Fsp3) is 0.375. The topological polar surface area (TPSA) is 54.0 Å². The summed E-state index contributed by atoms with van der Waals surface area (Å²) in [5.74, 6) is 0.830. The van der Waals surface area contributed by atoms with E-state index in [4.69, 9.17) is 9.47 Å². The molecule has 4 rings (SSSR count). The smallest absolute Gasteiger partial charge is 0.244 e. The fourth-order valence-electron chi connectivity index (χ4n) is 3.99. The van der Waals surface area contributed by atoms with E-state index in [9.17, 15) is 9.18 Å². The summed E-state index contributed by atoms with van der Waals surface area (Å²) in [7, 11) is 0. The number of carbonyl (C=O) groups is 1. The van der Waals surface area contributed by atoms with Gasteiger partial charge in [-0.25, -0.2) is 4.39 Å². The molecule has 0 unspecified atom stereocenters. The van der Waals surface area contributed by atoms with Gasteiger partial charge in [0.05, 0.1) is 6.04 Å². The normalized spacial score (nSPS) is 17.2. The highest BCUT2D eigenvalue weighted by Gasteiger charge is 2.21. The molecule has 1 fully saturated rings. The van der Waals surface area contributed by atoms with Crippen LogP contribution in [0.3, 0.4) is 0 Å². The summed E-state index contributed by atoms with van der Waals surface area (Å²) in [6.45, 7) is 9.02. The molecule has 164 valence electrons. The van der Waals surface area contributed by atoms with Crippen molar-refractivity contribution < 1.29 is 18.7 Å². The number of halogens is 1. The fourth-order valence-corrected chi connectivity index (χ4v) is 3.99. The first-order chi connectivity index (χ1) is 15.0. The Kier molecular flexibility index (Phi) is 6.42. The van der Waals surface area contributed by atoms with Gasteiger partial charge in [-0.3, -0.25) is 4.79 Å². The molecule has 7 heteroatoms. The monoisotopic (exact) mass is 425 g/mol. The van der Waals surface area contributed by atoms with Crippen LogP contribution in [0.5, 0.6) is 11.5 Å². The summed E-state index contributed by atoms with van der Waals surface area (Å²) in [5.41, 5.74) is 2.60. The van der Waals surface area contributed by atoms with Gasteiger partial charge in [0.1, 0.15) is 5.82 Å². The van der Waals surface area contributed by atoms with Crippen molar-refractivity contribution in [2.45, 2.75) is 19.9 Å². The summed E-state index contributed by atoms with van der Waals surface area (Å²) in [6.07, 6.45) is 3.20. The number of likely N-dealkylation sites (N-methyl/N-ethyl adjacent to an activating group) is 1. The molecule has 0 aromatic heterocycles. The number of rotatable bonds is 6. The number of fused-ring (bicyclic) bond motifs is 1. The second-order valence-corrected chi connectivity index (χ2v) is 7.80. The quantitative estimate of drug-likeness (QED) is 0.717. The van der Waals surface area contributed by atoms with E-state index < -0.39 is 0 Å². The molecule has 1 atom stereocenters. The number of carbonyl (C=O) groups excluding carboxylic acids is 1. The summed E-state index contributed by atoms with van der Waals surface area (Å²) in [5, 5.41) is 2.96. The van der Waals surface area contributed by atoms with Crippen LogP contribution < -0.4 is 19.7 Å². The van der Waals surface area contributed by atoms with Gasteiger partial charge in [0.2, 0.25) is 12.7 Å². The maximum atomic E-state index is 14.0. The molecule has 0 bridgehead atoms. The van der Waals surface area contributed by atoms with Gasteiger partial charge >= 0.3 is 0 Å². The first kappa shape index (κ1) is 21.2. The molecule has 2 aliphatic rings. The molecule has 0 saturated carbocycles. The van der Waals surface area contributed by atoms with Gasteiger partial charge in [-0.1, -0.05) is 13.0 Å². The highest BCUT2D eigenvalue weighted by atomic mass is 19.1. The molecule has 0 spiro atoms. The molecule has 2 aromatic rings. The number of hydrogen-bond donors (Lipinski definition) is 1. The number of anilines is 1. The van der Waals surface area contributed by atoms with E-state index in [2.05, 4.69) is 22.0 Å². The summed E-state index contributed by atoms with van der Waals surface area (Å²) in [6, 6.07) is 10.0. The van der Waals surface area contributed by atoms with E-state index in [1.165, 1.54) is 18.2 Å². The third kappa shape index (κ3) is 4.99. The van der Waals surface area contributed by atoms with Crippen molar-refractivity contribution in [3.8, 4) is 11.5 Å². The van der Waals surface area contributed by atoms with Gasteiger partial charge in [0.25, 0.3) is 0 Å². The molecule has 31 heavy (non-hydrogen) atoms. The van der Waals surface area contributed by atoms with Crippen LogP contribution in [-0.4, -0.2) is 50.3 Å². The highest BCUT2D eigenvalue weighted by molar-refractivity contribution is 5.92. The van der Waals surface area contributed by atoms with Crippen LogP contribution in [0.25, 0.3) is 6.08 Å². The van der Waals surface area contributed by atoms with Crippen molar-refractivity contribution in [2.75, 3.05) is 44.4 Å². The molecule has 2 heterocycles. The maximum absolute atomic E-state index is 14.0. The Morgan fingerprint density at radius 1 is 1.13 bits per heavy atom. The lowest BCUT2D eigenvalue weighted by Crippen LogP contribution is -2.46. The van der Waals surface area contributed by atoms with Crippen LogP contribution in [0.15, 0.2) is 42.5 Å². The van der Waals surface area contributed by atoms with Crippen LogP contribution in [0, 0.1) is 5.82 Å². The van der Waals surface area contributed by atoms with E-state index in [0.29, 0.717) is 11.5 Å². The van der Waals surface area contributed by atoms with Crippen molar-refractivity contribution in [1.82, 2.24) is 10.2 Å². The first-order valence-corrected chi connectivity index (χ1v) is 10.7. The zero-order valence-corrected chi connectivity index (χ0v) is 17.9. The van der Waals surface area contributed by atoms with Crippen LogP contribution in [-0.2, 0) is 4.79 Å². The predicted molar refractivity (Wildman–Crippen MR) is 119 cm³/mol. The Morgan fingerprint density at radius 3 is 2.68 bits per heavy atom. The SMILES string of the molecule is CCN1CCN(c2ccc(F)cc2[C@H](C)NC(=O)/C=C/c2ccc3c(c2)OCO3)CC1. The number of piperazine rings is 1. The Balaban J connectivity index is 1.43. The standard InChI is InChI=1S/C24H28FN3O3/c1-3-27-10-12-28(13-11-27)21-7-6-19(25)15-20(21)17(2)26-24(29)9-5-18-4-8-22-23(14-18)31-16-30-22/h4-9,14-15,17H,3,10-13,16H2,1-2H3,(H,26,29)/b9-5+/t17-/m0/s1. The van der Waals surface area contributed by atoms with Gasteiger partial charge < -0.3 is 24.6 Å². The number of nitrogens with zero attached hydrogens (tertiary/aromatic N) is 2. The van der Waals surface area contributed by atoms with Gasteiger partial charge in [0, 0.05) is 43.5 Å². The molecule has 1 N–H and O–H groups in total. The second kappa shape index (κ2) is 9.39. The number of benzene rings is 2. The van der Waals surface area contributed by atoms with Gasteiger partial charge in [-0.15, -0.1) is 0 Å². The van der Waals surface area contributed by atoms with E-state index in [-0.39, 0.29) is 24.6 Å². The van der Waals surface area contributed by atoms with Gasteiger partial charge in [-0.2, -0.15) is 0 Å². The van der Waals surface area contributed by atoms with Crippen molar-refractivity contribution in [1.29, 1.82) is 0 Å². The lowest BCUT2D eigenvalue weighted by molar-refractivity contribution is -0.117. The zero-order chi connectivity index (χ0) is 21.8. The Hall–Kier alpha value is -3.06. The molecule has 1 saturated heterocycles. The van der Waals surface area contributed by atoms with Crippen molar-refractivity contribution in [3.05, 3.63) is 59.4 Å². The number of hydrogen-bond acceptors (Lipinski definition) is 5. The Bertz CT molecular complexity index is 971. The van der Waals surface area contributed by atoms with E-state index in [0.717, 1.165) is 49.5 Å². The molecule has 0 radical (unpaired) electrons. The summed E-state index contributed by atoms with van der Waals surface area (Å²) < 4.78 is 24.7. The van der Waals surface area contributed by atoms with Gasteiger partial charge in [0.15, 0.2) is 11.5 Å². The largest absolute Gasteiger partial charge is 0.454 e. The van der Waals surface area contributed by atoms with Crippen LogP contribution in [0.4, 0.5) is 10.1 Å². The minimum Gasteiger partial charge on any atom is -0.454 e. The van der Waals surface area contributed by atoms with E-state index in [1.807, 2.05) is 31.2 Å². The van der Waals surface area contributed by atoms with Crippen LogP contribution in [0.1, 0.15) is 31.0 Å². The minimum atomic E-state index is -0.330. The van der Waals surface area contributed by atoms with Crippen molar-refractivity contribution in [3.63, 3.8) is 0 Å². The number of amides is 1. The van der Waals surface area contributed by atoms with Crippen LogP contribution >= 0.6 is 0 Å². The molecule has 2 aromatic carbocycles. The first-order valence-electron chi connectivity index (χ1n) is 10.7. The predicted octanol–water partition coefficient (Wildman–Crippen LogP) is 3.59. The molecule has 2 aliphatic heterocycles. The second-order valence-electron chi connectivity index (χ2n) is 7.80. The third-order valence-electron chi connectivity index (χ3n) is 5.80. The molecule has 6 nitrogen and oxygen atoms in total. The third-order valence-corrected chi connectivity index (χ3v) is 5.80. The van der Waals surface area contributed by atoms with Crippen LogP contribution in [0.2, 0.25) is 0 Å². The number of nitrogens with one attached hydrogen (secondary N) is 1. The highest BCUT2D eigenvalue weighted by Crippen LogP contribution is 2.33. The lowest BCUT2D eigenvalue weighted by Gasteiger charge is -2.37. The zero-order valence-electron chi connectivity index (χ0n) is 17.9. The average Bonchev–Trinajstić information content (AvgIpc) is 3.25. The maximum Gasteiger partial charge on any atom is 0.244 e. The molecule has 0 aliphatic carbocycles. The molecular weight excluding hydrogens is 397 g/mol. The Morgan fingerprint density at radius 2 is 1.90 bits per heavy atom. The molecule has 1 amide bonds. The summed E-state index contributed by atoms with van der Waals surface area (Å²) in [4.78, 5) is 17.2. The van der Waals surface area contributed by atoms with E-state index >= 15 is 0 Å². The summed E-state index contributed by atoms with van der Waals surface area (Å²) >= 11 is 0. The Labute approximate surface area is 182 Å². The van der Waals surface area contributed by atoms with Crippen molar-refractivity contribution in [2.24, 2.45) is 0 Å². The van der Waals surface area contributed by atoms with Crippen molar-refractivity contribution >= 4 is 17.7 Å². The number of ether oxygens (including phenoxy) is 2. The van der Waals surface area contributed by atoms with E-state index in [1.54, 1.807) is 6.08 Å². The lowest BCUT2D eigenvalue weighted by atomic mass is 10.0. The molecular formula is C24H28FN3O3. The van der Waals surface area contributed by atoms with Gasteiger partial charge in [-0.05, 0) is 55.4 Å². The minimum absolute atomic E-state index is 0.212. The average molecular weight is 426 g/mol.